The summed E-state index contributed by atoms with van der Waals surface area (Å²) in [5.41, 5.74) is 9.84. The van der Waals surface area contributed by atoms with Crippen LogP contribution in [0.25, 0.3) is 0 Å². The van der Waals surface area contributed by atoms with Crippen LogP contribution in [-0.2, 0) is 0 Å². The molecule has 0 bridgehead atoms. The Morgan fingerprint density at radius 1 is 1.40 bits per heavy atom. The van der Waals surface area contributed by atoms with Gasteiger partial charge >= 0.3 is 0 Å². The number of hydrogen-bond donors (Lipinski definition) is 1. The first-order valence-electron chi connectivity index (χ1n) is 5.42. The van der Waals surface area contributed by atoms with Crippen LogP contribution in [0.15, 0.2) is 18.2 Å². The number of benzene rings is 1. The van der Waals surface area contributed by atoms with Crippen LogP contribution in [0.4, 0.5) is 5.69 Å². The van der Waals surface area contributed by atoms with Crippen molar-refractivity contribution in [2.45, 2.75) is 20.0 Å². The van der Waals surface area contributed by atoms with Crippen LogP contribution >= 0.6 is 0 Å². The van der Waals surface area contributed by atoms with Crippen molar-refractivity contribution >= 4 is 5.69 Å². The second kappa shape index (κ2) is 4.21. The van der Waals surface area contributed by atoms with Gasteiger partial charge in [0, 0.05) is 25.3 Å². The lowest BCUT2D eigenvalue weighted by atomic mass is 10.1. The summed E-state index contributed by atoms with van der Waals surface area (Å²) in [6.45, 7) is 6.98. The minimum atomic E-state index is -0.0290. The number of anilines is 1. The highest BCUT2D eigenvalue weighted by Crippen LogP contribution is 2.23. The summed E-state index contributed by atoms with van der Waals surface area (Å²) in [4.78, 5) is 2.33. The van der Waals surface area contributed by atoms with Crippen LogP contribution in [0, 0.1) is 13.8 Å². The van der Waals surface area contributed by atoms with E-state index in [0.717, 1.165) is 19.6 Å². The average molecular weight is 204 g/mol. The molecule has 1 aliphatic heterocycles. The molecule has 1 aromatic rings. The Kier molecular flexibility index (Phi) is 2.93. The van der Waals surface area contributed by atoms with Gasteiger partial charge in [0.15, 0.2) is 0 Å². The molecule has 2 rings (SSSR count). The Labute approximate surface area is 91.3 Å². The Morgan fingerprint density at radius 3 is 2.93 bits per heavy atom. The largest absolute Gasteiger partial charge is 0.367 e. The molecule has 2 N–H and O–H groups in total. The highest BCUT2D eigenvalue weighted by molar-refractivity contribution is 5.56. The van der Waals surface area contributed by atoms with Crippen molar-refractivity contribution in [3.05, 3.63) is 29.3 Å². The molecule has 81 valence electrons. The molecule has 0 aliphatic carbocycles. The van der Waals surface area contributed by atoms with Crippen molar-refractivity contribution in [2.75, 3.05) is 24.5 Å². The van der Waals surface area contributed by atoms with Crippen molar-refractivity contribution in [3.8, 4) is 0 Å². The summed E-state index contributed by atoms with van der Waals surface area (Å²) in [5, 5.41) is 4.29. The zero-order valence-corrected chi connectivity index (χ0v) is 9.40. The maximum atomic E-state index is 5.84. The predicted octanol–water partition coefficient (Wildman–Crippen LogP) is 1.01. The summed E-state index contributed by atoms with van der Waals surface area (Å²) in [6.07, 6.45) is -0.0290. The molecule has 0 spiro atoms. The molecule has 15 heavy (non-hydrogen) atoms. The molecule has 1 saturated heterocycles. The molecular weight excluding hydrogens is 186 g/mol. The molecule has 1 aromatic carbocycles. The van der Waals surface area contributed by atoms with Crippen LogP contribution in [0.2, 0.25) is 0 Å². The molecule has 1 atom stereocenters. The number of piperazine rings is 1. The smallest absolute Gasteiger partial charge is 0.0889 e. The lowest BCUT2D eigenvalue weighted by Gasteiger charge is -2.33. The van der Waals surface area contributed by atoms with E-state index < -0.39 is 0 Å². The fourth-order valence-corrected chi connectivity index (χ4v) is 2.02. The van der Waals surface area contributed by atoms with Crippen molar-refractivity contribution in [1.82, 2.24) is 5.32 Å². The Morgan fingerprint density at radius 2 is 2.20 bits per heavy atom. The van der Waals surface area contributed by atoms with E-state index in [-0.39, 0.29) is 6.17 Å². The second-order valence-electron chi connectivity index (χ2n) is 4.14. The molecular formula is C12H18N3. The Balaban J connectivity index is 2.24. The molecule has 1 fully saturated rings. The number of aryl methyl sites for hydroxylation is 1. The van der Waals surface area contributed by atoms with Crippen LogP contribution in [0.1, 0.15) is 11.1 Å². The molecule has 0 saturated carbocycles. The van der Waals surface area contributed by atoms with Crippen molar-refractivity contribution in [1.29, 1.82) is 0 Å². The molecule has 1 heterocycles. The fourth-order valence-electron chi connectivity index (χ4n) is 2.02. The number of rotatable bonds is 1. The van der Waals surface area contributed by atoms with Gasteiger partial charge in [0.1, 0.15) is 0 Å². The van der Waals surface area contributed by atoms with Gasteiger partial charge < -0.3 is 10.6 Å². The van der Waals surface area contributed by atoms with Crippen LogP contribution in [-0.4, -0.2) is 25.8 Å². The molecule has 0 amide bonds. The third-order valence-corrected chi connectivity index (χ3v) is 3.06. The van der Waals surface area contributed by atoms with Gasteiger partial charge in [0.2, 0.25) is 0 Å². The monoisotopic (exact) mass is 204 g/mol. The first-order chi connectivity index (χ1) is 7.18. The molecule has 3 heteroatoms. The molecule has 3 nitrogen and oxygen atoms in total. The predicted molar refractivity (Wildman–Crippen MR) is 63.1 cm³/mol. The molecule has 1 unspecified atom stereocenters. The summed E-state index contributed by atoms with van der Waals surface area (Å²) < 4.78 is 0. The SMILES string of the molecule is Cc1cccc(N2CC[N]C(N)C2)c1C. The number of hydrogen-bond acceptors (Lipinski definition) is 2. The zero-order valence-electron chi connectivity index (χ0n) is 9.40. The third-order valence-electron chi connectivity index (χ3n) is 3.06. The molecule has 1 radical (unpaired) electrons. The average Bonchev–Trinajstić information content (AvgIpc) is 2.22. The number of nitrogens with two attached hydrogens (primary N) is 1. The minimum absolute atomic E-state index is 0.0290. The lowest BCUT2D eigenvalue weighted by Crippen LogP contribution is -2.51. The summed E-state index contributed by atoms with van der Waals surface area (Å²) in [6, 6.07) is 6.42. The van der Waals surface area contributed by atoms with E-state index in [1.54, 1.807) is 0 Å². The first kappa shape index (κ1) is 10.5. The van der Waals surface area contributed by atoms with E-state index in [9.17, 15) is 0 Å². The van der Waals surface area contributed by atoms with Crippen LogP contribution in [0.5, 0.6) is 0 Å². The highest BCUT2D eigenvalue weighted by Gasteiger charge is 2.18. The highest BCUT2D eigenvalue weighted by atomic mass is 15.2. The van der Waals surface area contributed by atoms with E-state index in [2.05, 4.69) is 42.3 Å². The maximum absolute atomic E-state index is 5.84. The van der Waals surface area contributed by atoms with E-state index in [0.29, 0.717) is 0 Å². The quantitative estimate of drug-likeness (QED) is 0.742. The van der Waals surface area contributed by atoms with E-state index in [1.165, 1.54) is 16.8 Å². The minimum Gasteiger partial charge on any atom is -0.367 e. The van der Waals surface area contributed by atoms with Crippen molar-refractivity contribution < 1.29 is 0 Å². The number of nitrogens with zero attached hydrogens (tertiary/aromatic N) is 2. The van der Waals surface area contributed by atoms with Gasteiger partial charge in [-0.2, -0.15) is 0 Å². The lowest BCUT2D eigenvalue weighted by molar-refractivity contribution is 0.459. The van der Waals surface area contributed by atoms with E-state index in [1.807, 2.05) is 0 Å². The van der Waals surface area contributed by atoms with E-state index in [4.69, 9.17) is 5.73 Å². The van der Waals surface area contributed by atoms with Crippen molar-refractivity contribution in [3.63, 3.8) is 0 Å². The van der Waals surface area contributed by atoms with Crippen LogP contribution in [0.3, 0.4) is 0 Å². The molecule has 1 aliphatic rings. The topological polar surface area (TPSA) is 43.4 Å². The summed E-state index contributed by atoms with van der Waals surface area (Å²) in [5.74, 6) is 0. The maximum Gasteiger partial charge on any atom is 0.0889 e. The Hall–Kier alpha value is -1.06. The van der Waals surface area contributed by atoms with Crippen molar-refractivity contribution in [2.24, 2.45) is 5.73 Å². The molecule has 0 aromatic heterocycles. The second-order valence-corrected chi connectivity index (χ2v) is 4.14. The summed E-state index contributed by atoms with van der Waals surface area (Å²) in [7, 11) is 0. The summed E-state index contributed by atoms with van der Waals surface area (Å²) >= 11 is 0. The zero-order chi connectivity index (χ0) is 10.8. The van der Waals surface area contributed by atoms with Gasteiger partial charge in [-0.25, -0.2) is 5.32 Å². The van der Waals surface area contributed by atoms with Gasteiger partial charge in [-0.15, -0.1) is 0 Å². The van der Waals surface area contributed by atoms with Gasteiger partial charge in [-0.1, -0.05) is 12.1 Å². The van der Waals surface area contributed by atoms with Gasteiger partial charge in [0.25, 0.3) is 0 Å². The Bertz CT molecular complexity index is 349. The van der Waals surface area contributed by atoms with Crippen LogP contribution < -0.4 is 16.0 Å². The van der Waals surface area contributed by atoms with Gasteiger partial charge in [-0.3, -0.25) is 0 Å². The van der Waals surface area contributed by atoms with E-state index >= 15 is 0 Å². The van der Waals surface area contributed by atoms with Gasteiger partial charge in [-0.05, 0) is 31.0 Å². The first-order valence-corrected chi connectivity index (χ1v) is 5.42. The normalized spacial score (nSPS) is 21.8. The van der Waals surface area contributed by atoms with Gasteiger partial charge in [0.05, 0.1) is 6.17 Å². The standard InChI is InChI=1S/C12H18N3/c1-9-4-3-5-11(10(9)2)15-7-6-14-12(13)8-15/h3-5,12H,6-8,13H2,1-2H3. The third kappa shape index (κ3) is 2.13. The fraction of sp³-hybridized carbons (Fsp3) is 0.500.